The van der Waals surface area contributed by atoms with Crippen LogP contribution in [0.4, 0.5) is 5.69 Å². The summed E-state index contributed by atoms with van der Waals surface area (Å²) in [6.07, 6.45) is 0.763. The normalized spacial score (nSPS) is 19.5. The van der Waals surface area contributed by atoms with Gasteiger partial charge in [-0.3, -0.25) is 5.10 Å². The van der Waals surface area contributed by atoms with Crippen molar-refractivity contribution < 1.29 is 13.7 Å². The van der Waals surface area contributed by atoms with Gasteiger partial charge in [0.2, 0.25) is 0 Å². The molecule has 0 aromatic carbocycles. The van der Waals surface area contributed by atoms with Crippen molar-refractivity contribution in [2.75, 3.05) is 18.5 Å². The Morgan fingerprint density at radius 2 is 2.24 bits per heavy atom. The third-order valence-electron chi connectivity index (χ3n) is 3.15. The minimum atomic E-state index is -1.19. The average molecular weight is 314 g/mol. The number of anilines is 1. The minimum Gasteiger partial charge on any atom is -0.461 e. The van der Waals surface area contributed by atoms with E-state index in [0.29, 0.717) is 18.8 Å². The number of aromatic nitrogens is 2. The minimum absolute atomic E-state index is 0.128. The molecule has 7 nitrogen and oxygen atoms in total. The Labute approximate surface area is 126 Å². The highest BCUT2D eigenvalue weighted by Gasteiger charge is 2.31. The summed E-state index contributed by atoms with van der Waals surface area (Å²) >= 11 is 0. The fourth-order valence-corrected chi connectivity index (χ4v) is 2.89. The molecule has 118 valence electrons. The number of carbonyl (C=O) groups is 1. The molecule has 8 heteroatoms. The topological polar surface area (TPSA) is 96.1 Å². The number of esters is 1. The number of ether oxygens (including phenoxy) is 1. The lowest BCUT2D eigenvalue weighted by atomic mass is 10.1. The Bertz CT molecular complexity index is 550. The van der Waals surface area contributed by atoms with E-state index >= 15 is 0 Å². The van der Waals surface area contributed by atoms with E-state index in [-0.39, 0.29) is 16.5 Å². The Morgan fingerprint density at radius 3 is 2.86 bits per heavy atom. The molecular weight excluding hydrogens is 292 g/mol. The second kappa shape index (κ2) is 6.15. The lowest BCUT2D eigenvalue weighted by Gasteiger charge is -2.27. The summed E-state index contributed by atoms with van der Waals surface area (Å²) < 4.78 is 20.0. The van der Waals surface area contributed by atoms with Crippen molar-refractivity contribution >= 4 is 22.6 Å². The summed E-state index contributed by atoms with van der Waals surface area (Å²) in [6, 6.07) is -0.128. The first kappa shape index (κ1) is 16.0. The maximum absolute atomic E-state index is 12.2. The summed E-state index contributed by atoms with van der Waals surface area (Å²) in [4.78, 5) is 11.8. The van der Waals surface area contributed by atoms with Crippen LogP contribution < -0.4 is 10.0 Å². The molecule has 1 aromatic heterocycles. The number of fused-ring (bicyclic) bond motifs is 1. The molecule has 0 spiro atoms. The van der Waals surface area contributed by atoms with Gasteiger partial charge in [0.1, 0.15) is 0 Å². The Balaban J connectivity index is 2.21. The van der Waals surface area contributed by atoms with E-state index in [1.54, 1.807) is 6.92 Å². The summed E-state index contributed by atoms with van der Waals surface area (Å²) in [5, 5.41) is 10.1. The van der Waals surface area contributed by atoms with E-state index in [0.717, 1.165) is 12.1 Å². The van der Waals surface area contributed by atoms with Crippen LogP contribution in [0.1, 0.15) is 56.3 Å². The van der Waals surface area contributed by atoms with Crippen molar-refractivity contribution in [3.05, 3.63) is 11.4 Å². The van der Waals surface area contributed by atoms with Gasteiger partial charge in [0.05, 0.1) is 39.8 Å². The van der Waals surface area contributed by atoms with Gasteiger partial charge < -0.3 is 10.1 Å². The van der Waals surface area contributed by atoms with Crippen molar-refractivity contribution in [1.29, 1.82) is 0 Å². The van der Waals surface area contributed by atoms with Crippen LogP contribution in [-0.2, 0) is 15.7 Å². The van der Waals surface area contributed by atoms with Crippen molar-refractivity contribution in [3.8, 4) is 0 Å². The number of rotatable bonds is 4. The molecule has 21 heavy (non-hydrogen) atoms. The maximum Gasteiger partial charge on any atom is 0.361 e. The fraction of sp³-hybridized carbons (Fsp3) is 0.692. The summed E-state index contributed by atoms with van der Waals surface area (Å²) in [6.45, 7) is 8.47. The molecule has 0 aliphatic carbocycles. The number of nitrogens with one attached hydrogen (secondary N) is 3. The second-order valence-corrected chi connectivity index (χ2v) is 7.85. The van der Waals surface area contributed by atoms with Crippen LogP contribution >= 0.6 is 0 Å². The monoisotopic (exact) mass is 314 g/mol. The molecule has 0 radical (unpaired) electrons. The molecule has 3 N–H and O–H groups in total. The van der Waals surface area contributed by atoms with Gasteiger partial charge in [0, 0.05) is 6.54 Å². The molecule has 2 rings (SSSR count). The third-order valence-corrected chi connectivity index (χ3v) is 4.76. The summed E-state index contributed by atoms with van der Waals surface area (Å²) in [7, 11) is -1.19. The second-order valence-electron chi connectivity index (χ2n) is 5.85. The van der Waals surface area contributed by atoms with Gasteiger partial charge in [-0.05, 0) is 34.1 Å². The van der Waals surface area contributed by atoms with Gasteiger partial charge in [0.15, 0.2) is 5.69 Å². The van der Waals surface area contributed by atoms with Crippen LogP contribution in [0.3, 0.4) is 0 Å². The van der Waals surface area contributed by atoms with Gasteiger partial charge >= 0.3 is 5.97 Å². The van der Waals surface area contributed by atoms with Crippen LogP contribution in [0.15, 0.2) is 0 Å². The number of carbonyl (C=O) groups excluding carboxylic acids is 1. The predicted octanol–water partition coefficient (Wildman–Crippen LogP) is 1.49. The average Bonchev–Trinajstić information content (AvgIpc) is 2.82. The molecule has 2 atom stereocenters. The van der Waals surface area contributed by atoms with Crippen LogP contribution in [0, 0.1) is 0 Å². The molecule has 0 saturated carbocycles. The molecule has 2 heterocycles. The van der Waals surface area contributed by atoms with E-state index < -0.39 is 17.0 Å². The van der Waals surface area contributed by atoms with Gasteiger partial charge in [0.25, 0.3) is 0 Å². The molecule has 0 unspecified atom stereocenters. The van der Waals surface area contributed by atoms with E-state index in [4.69, 9.17) is 4.74 Å². The van der Waals surface area contributed by atoms with E-state index in [2.05, 4.69) is 20.2 Å². The number of hydrogen-bond donors (Lipinski definition) is 3. The first-order chi connectivity index (χ1) is 9.84. The third kappa shape index (κ3) is 3.44. The standard InChI is InChI=1S/C13H22N4O3S/c1-5-20-12(18)11-10-9(15-16-11)8(6-7-14-10)17-21(19)13(2,3)4/h8,14,17H,5-7H2,1-4H3,(H,15,16)/t8-,21+/m1/s1. The fourth-order valence-electron chi connectivity index (χ4n) is 2.04. The van der Waals surface area contributed by atoms with Crippen LogP contribution in [-0.4, -0.2) is 38.3 Å². The van der Waals surface area contributed by atoms with Crippen LogP contribution in [0.25, 0.3) is 0 Å². The zero-order valence-corrected chi connectivity index (χ0v) is 13.6. The summed E-state index contributed by atoms with van der Waals surface area (Å²) in [5.74, 6) is -0.458. The molecule has 0 saturated heterocycles. The Kier molecular flexibility index (Phi) is 4.67. The molecule has 1 aromatic rings. The zero-order chi connectivity index (χ0) is 15.6. The highest BCUT2D eigenvalue weighted by molar-refractivity contribution is 7.84. The van der Waals surface area contributed by atoms with Gasteiger partial charge in [-0.1, -0.05) is 0 Å². The smallest absolute Gasteiger partial charge is 0.361 e. The zero-order valence-electron chi connectivity index (χ0n) is 12.8. The molecule has 1 aliphatic rings. The highest BCUT2D eigenvalue weighted by Crippen LogP contribution is 2.31. The predicted molar refractivity (Wildman–Crippen MR) is 81.4 cm³/mol. The number of aromatic amines is 1. The van der Waals surface area contributed by atoms with E-state index in [9.17, 15) is 9.00 Å². The lowest BCUT2D eigenvalue weighted by molar-refractivity contribution is 0.0520. The van der Waals surface area contributed by atoms with Crippen molar-refractivity contribution in [3.63, 3.8) is 0 Å². The lowest BCUT2D eigenvalue weighted by Crippen LogP contribution is -2.38. The first-order valence-electron chi connectivity index (χ1n) is 7.02. The van der Waals surface area contributed by atoms with Crippen LogP contribution in [0.2, 0.25) is 0 Å². The number of hydrogen-bond acceptors (Lipinski definition) is 5. The van der Waals surface area contributed by atoms with Crippen molar-refractivity contribution in [2.45, 2.75) is 44.9 Å². The maximum atomic E-state index is 12.2. The van der Waals surface area contributed by atoms with Gasteiger partial charge in [-0.25, -0.2) is 13.7 Å². The van der Waals surface area contributed by atoms with E-state index in [1.165, 1.54) is 0 Å². The molecule has 0 bridgehead atoms. The van der Waals surface area contributed by atoms with Gasteiger partial charge in [-0.2, -0.15) is 5.10 Å². The number of H-pyrrole nitrogens is 1. The van der Waals surface area contributed by atoms with E-state index in [1.807, 2.05) is 20.8 Å². The highest BCUT2D eigenvalue weighted by atomic mass is 32.2. The summed E-state index contributed by atoms with van der Waals surface area (Å²) in [5.41, 5.74) is 1.64. The molecule has 1 aliphatic heterocycles. The first-order valence-corrected chi connectivity index (χ1v) is 8.17. The number of nitrogens with zero attached hydrogens (tertiary/aromatic N) is 1. The Hall–Kier alpha value is -1.41. The largest absolute Gasteiger partial charge is 0.461 e. The van der Waals surface area contributed by atoms with Gasteiger partial charge in [-0.15, -0.1) is 0 Å². The van der Waals surface area contributed by atoms with Crippen LogP contribution in [0.5, 0.6) is 0 Å². The quantitative estimate of drug-likeness (QED) is 0.732. The molecular formula is C13H22N4O3S. The molecule has 0 fully saturated rings. The van der Waals surface area contributed by atoms with Crippen molar-refractivity contribution in [1.82, 2.24) is 14.9 Å². The Morgan fingerprint density at radius 1 is 1.52 bits per heavy atom. The SMILES string of the molecule is CCOC(=O)c1n[nH]c2c1NCC[C@H]2N[S@@](=O)C(C)(C)C. The molecule has 0 amide bonds. The van der Waals surface area contributed by atoms with Crippen molar-refractivity contribution in [2.24, 2.45) is 0 Å².